The smallest absolute Gasteiger partial charge is 0.262 e. The van der Waals surface area contributed by atoms with Gasteiger partial charge in [-0.05, 0) is 42.7 Å². The molecule has 5 nitrogen and oxygen atoms in total. The number of carbonyl (C=O) groups is 1. The Morgan fingerprint density at radius 3 is 2.67 bits per heavy atom. The van der Waals surface area contributed by atoms with Crippen molar-refractivity contribution in [2.24, 2.45) is 0 Å². The van der Waals surface area contributed by atoms with Gasteiger partial charge >= 0.3 is 0 Å². The first-order valence-corrected chi connectivity index (χ1v) is 9.10. The molecule has 5 heteroatoms. The molecule has 0 aromatic heterocycles. The quantitative estimate of drug-likeness (QED) is 0.464. The average molecular weight is 369 g/mol. The lowest BCUT2D eigenvalue weighted by Gasteiger charge is -2.14. The molecule has 0 unspecified atom stereocenters. The Bertz CT molecular complexity index is 758. The van der Waals surface area contributed by atoms with E-state index in [2.05, 4.69) is 18.8 Å². The van der Waals surface area contributed by atoms with E-state index in [1.54, 1.807) is 13.2 Å². The molecule has 0 fully saturated rings. The lowest BCUT2D eigenvalue weighted by Crippen LogP contribution is -2.20. The van der Waals surface area contributed by atoms with Crippen molar-refractivity contribution in [2.75, 3.05) is 25.6 Å². The van der Waals surface area contributed by atoms with Gasteiger partial charge in [-0.15, -0.1) is 6.58 Å². The Kier molecular flexibility index (Phi) is 8.23. The van der Waals surface area contributed by atoms with Crippen molar-refractivity contribution in [1.82, 2.24) is 0 Å². The molecule has 0 saturated carbocycles. The monoisotopic (exact) mass is 369 g/mol. The third kappa shape index (κ3) is 6.37. The number of anilines is 1. The van der Waals surface area contributed by atoms with E-state index >= 15 is 0 Å². The SMILES string of the molecule is C=CCc1ccc(OCC(=O)Nc2ccccc2OCCCC)c(OC)c1. The summed E-state index contributed by atoms with van der Waals surface area (Å²) in [6.07, 6.45) is 4.58. The average Bonchev–Trinajstić information content (AvgIpc) is 2.68. The topological polar surface area (TPSA) is 56.8 Å². The molecule has 0 aliphatic heterocycles. The van der Waals surface area contributed by atoms with Crippen molar-refractivity contribution in [2.45, 2.75) is 26.2 Å². The Balaban J connectivity index is 1.96. The number of benzene rings is 2. The Morgan fingerprint density at radius 1 is 1.11 bits per heavy atom. The van der Waals surface area contributed by atoms with Gasteiger partial charge in [0, 0.05) is 0 Å². The van der Waals surface area contributed by atoms with Crippen LogP contribution in [0.4, 0.5) is 5.69 Å². The molecule has 2 aromatic rings. The van der Waals surface area contributed by atoms with Gasteiger partial charge in [-0.25, -0.2) is 0 Å². The fraction of sp³-hybridized carbons (Fsp3) is 0.318. The van der Waals surface area contributed by atoms with Crippen LogP contribution >= 0.6 is 0 Å². The van der Waals surface area contributed by atoms with Crippen LogP contribution in [0.25, 0.3) is 0 Å². The molecule has 0 radical (unpaired) electrons. The molecule has 0 heterocycles. The van der Waals surface area contributed by atoms with E-state index in [-0.39, 0.29) is 12.5 Å². The van der Waals surface area contributed by atoms with E-state index in [1.165, 1.54) is 0 Å². The maximum Gasteiger partial charge on any atom is 0.262 e. The molecule has 0 aliphatic carbocycles. The number of methoxy groups -OCH3 is 1. The Morgan fingerprint density at radius 2 is 1.93 bits per heavy atom. The van der Waals surface area contributed by atoms with Crippen molar-refractivity contribution in [1.29, 1.82) is 0 Å². The molecule has 144 valence electrons. The number of hydrogen-bond donors (Lipinski definition) is 1. The zero-order valence-electron chi connectivity index (χ0n) is 16.0. The third-order valence-electron chi connectivity index (χ3n) is 3.88. The first kappa shape index (κ1) is 20.4. The predicted octanol–water partition coefficient (Wildman–Crippen LogP) is 4.62. The van der Waals surface area contributed by atoms with Crippen LogP contribution in [-0.2, 0) is 11.2 Å². The molecule has 2 aromatic carbocycles. The summed E-state index contributed by atoms with van der Waals surface area (Å²) in [5.41, 5.74) is 1.70. The predicted molar refractivity (Wildman–Crippen MR) is 108 cm³/mol. The number of nitrogens with one attached hydrogen (secondary N) is 1. The van der Waals surface area contributed by atoms with Crippen LogP contribution in [-0.4, -0.2) is 26.2 Å². The third-order valence-corrected chi connectivity index (χ3v) is 3.88. The van der Waals surface area contributed by atoms with Gasteiger partial charge in [-0.1, -0.05) is 37.6 Å². The molecule has 0 bridgehead atoms. The molecule has 2 rings (SSSR count). The van der Waals surface area contributed by atoms with Gasteiger partial charge in [0.15, 0.2) is 18.1 Å². The van der Waals surface area contributed by atoms with Crippen LogP contribution in [0, 0.1) is 0 Å². The summed E-state index contributed by atoms with van der Waals surface area (Å²) >= 11 is 0. The first-order valence-electron chi connectivity index (χ1n) is 9.10. The maximum absolute atomic E-state index is 12.3. The van der Waals surface area contributed by atoms with E-state index in [9.17, 15) is 4.79 Å². The van der Waals surface area contributed by atoms with Crippen LogP contribution < -0.4 is 19.5 Å². The van der Waals surface area contributed by atoms with E-state index in [0.29, 0.717) is 29.5 Å². The normalized spacial score (nSPS) is 10.1. The second kappa shape index (κ2) is 10.9. The van der Waals surface area contributed by atoms with E-state index in [4.69, 9.17) is 14.2 Å². The van der Waals surface area contributed by atoms with Gasteiger partial charge in [0.05, 0.1) is 19.4 Å². The zero-order valence-corrected chi connectivity index (χ0v) is 16.0. The van der Waals surface area contributed by atoms with Crippen molar-refractivity contribution in [3.63, 3.8) is 0 Å². The summed E-state index contributed by atoms with van der Waals surface area (Å²) in [6.45, 7) is 6.33. The molecule has 1 N–H and O–H groups in total. The summed E-state index contributed by atoms with van der Waals surface area (Å²) in [5, 5.41) is 2.83. The summed E-state index contributed by atoms with van der Waals surface area (Å²) in [4.78, 5) is 12.3. The first-order chi connectivity index (χ1) is 13.2. The second-order valence-corrected chi connectivity index (χ2v) is 6.01. The largest absolute Gasteiger partial charge is 0.493 e. The number of allylic oxidation sites excluding steroid dienone is 1. The van der Waals surface area contributed by atoms with E-state index in [1.807, 2.05) is 42.5 Å². The highest BCUT2D eigenvalue weighted by Crippen LogP contribution is 2.29. The number of unbranched alkanes of at least 4 members (excludes halogenated alkanes) is 1. The van der Waals surface area contributed by atoms with Gasteiger partial charge in [-0.2, -0.15) is 0 Å². The van der Waals surface area contributed by atoms with Crippen LogP contribution in [0.5, 0.6) is 17.2 Å². The Labute approximate surface area is 161 Å². The van der Waals surface area contributed by atoms with E-state index in [0.717, 1.165) is 24.8 Å². The fourth-order valence-electron chi connectivity index (χ4n) is 2.48. The summed E-state index contributed by atoms with van der Waals surface area (Å²) in [7, 11) is 1.57. The summed E-state index contributed by atoms with van der Waals surface area (Å²) < 4.78 is 16.7. The van der Waals surface area contributed by atoms with Crippen molar-refractivity contribution in [3.05, 3.63) is 60.7 Å². The minimum Gasteiger partial charge on any atom is -0.493 e. The lowest BCUT2D eigenvalue weighted by molar-refractivity contribution is -0.118. The van der Waals surface area contributed by atoms with Gasteiger partial charge in [-0.3, -0.25) is 4.79 Å². The molecular formula is C22H27NO4. The van der Waals surface area contributed by atoms with Crippen molar-refractivity contribution >= 4 is 11.6 Å². The minimum absolute atomic E-state index is 0.125. The zero-order chi connectivity index (χ0) is 19.5. The highest BCUT2D eigenvalue weighted by molar-refractivity contribution is 5.93. The van der Waals surface area contributed by atoms with Gasteiger partial charge in [0.1, 0.15) is 5.75 Å². The molecule has 27 heavy (non-hydrogen) atoms. The maximum atomic E-state index is 12.3. The summed E-state index contributed by atoms with van der Waals surface area (Å²) in [5.74, 6) is 1.50. The molecule has 0 saturated heterocycles. The molecule has 1 amide bonds. The number of carbonyl (C=O) groups excluding carboxylic acids is 1. The molecule has 0 atom stereocenters. The molecule has 0 spiro atoms. The highest BCUT2D eigenvalue weighted by Gasteiger charge is 2.11. The number of rotatable bonds is 11. The van der Waals surface area contributed by atoms with Gasteiger partial charge in [0.2, 0.25) is 0 Å². The Hall–Kier alpha value is -2.95. The molecule has 0 aliphatic rings. The van der Waals surface area contributed by atoms with Gasteiger partial charge in [0.25, 0.3) is 5.91 Å². The van der Waals surface area contributed by atoms with Crippen LogP contribution in [0.1, 0.15) is 25.3 Å². The van der Waals surface area contributed by atoms with Crippen LogP contribution in [0.2, 0.25) is 0 Å². The van der Waals surface area contributed by atoms with Crippen LogP contribution in [0.15, 0.2) is 55.1 Å². The van der Waals surface area contributed by atoms with Crippen LogP contribution in [0.3, 0.4) is 0 Å². The molecular weight excluding hydrogens is 342 g/mol. The number of ether oxygens (including phenoxy) is 3. The number of amides is 1. The number of hydrogen-bond acceptors (Lipinski definition) is 4. The highest BCUT2D eigenvalue weighted by atomic mass is 16.5. The van der Waals surface area contributed by atoms with Crippen molar-refractivity contribution < 1.29 is 19.0 Å². The lowest BCUT2D eigenvalue weighted by atomic mass is 10.1. The second-order valence-electron chi connectivity index (χ2n) is 6.01. The standard InChI is InChI=1S/C22H27NO4/c1-4-6-14-26-19-11-8-7-10-18(19)23-22(24)16-27-20-13-12-17(9-5-2)15-21(20)25-3/h5,7-8,10-13,15H,2,4,6,9,14,16H2,1,3H3,(H,23,24). The van der Waals surface area contributed by atoms with Gasteiger partial charge < -0.3 is 19.5 Å². The van der Waals surface area contributed by atoms with E-state index < -0.39 is 0 Å². The summed E-state index contributed by atoms with van der Waals surface area (Å²) in [6, 6.07) is 13.0. The minimum atomic E-state index is -0.265. The fourth-order valence-corrected chi connectivity index (χ4v) is 2.48. The van der Waals surface area contributed by atoms with Crippen molar-refractivity contribution in [3.8, 4) is 17.2 Å². The number of para-hydroxylation sites is 2.